The van der Waals surface area contributed by atoms with Gasteiger partial charge in [-0.2, -0.15) is 13.2 Å². The molecule has 0 saturated heterocycles. The van der Waals surface area contributed by atoms with Crippen LogP contribution in [0.3, 0.4) is 0 Å². The lowest BCUT2D eigenvalue weighted by Gasteiger charge is -2.24. The Morgan fingerprint density at radius 1 is 0.974 bits per heavy atom. The third-order valence-electron chi connectivity index (χ3n) is 6.14. The molecule has 38 heavy (non-hydrogen) atoms. The van der Waals surface area contributed by atoms with Gasteiger partial charge in [-0.25, -0.2) is 9.97 Å². The van der Waals surface area contributed by atoms with Crippen molar-refractivity contribution in [3.8, 4) is 11.1 Å². The number of amides is 1. The molecular formula is C28H29F3N6O. The summed E-state index contributed by atoms with van der Waals surface area (Å²) >= 11 is 0. The summed E-state index contributed by atoms with van der Waals surface area (Å²) in [5, 5.41) is 3.50. The summed E-state index contributed by atoms with van der Waals surface area (Å²) in [5.41, 5.74) is 8.05. The van der Waals surface area contributed by atoms with Gasteiger partial charge in [0.25, 0.3) is 5.91 Å². The van der Waals surface area contributed by atoms with E-state index in [2.05, 4.69) is 15.3 Å². The third-order valence-corrected chi connectivity index (χ3v) is 6.14. The number of nitrogens with two attached hydrogens (primary N) is 1. The van der Waals surface area contributed by atoms with Crippen LogP contribution in [0.1, 0.15) is 22.3 Å². The number of alkyl halides is 3. The number of aromatic nitrogens is 2. The van der Waals surface area contributed by atoms with Gasteiger partial charge < -0.3 is 20.9 Å². The fourth-order valence-corrected chi connectivity index (χ4v) is 4.15. The van der Waals surface area contributed by atoms with Crippen LogP contribution < -0.4 is 16.0 Å². The van der Waals surface area contributed by atoms with Crippen molar-refractivity contribution in [2.45, 2.75) is 12.6 Å². The molecule has 198 valence electrons. The van der Waals surface area contributed by atoms with E-state index in [-0.39, 0.29) is 11.6 Å². The number of nitrogen functional groups attached to an aromatic ring is 1. The molecule has 7 nitrogen and oxygen atoms in total. The van der Waals surface area contributed by atoms with E-state index in [0.717, 1.165) is 41.6 Å². The highest BCUT2D eigenvalue weighted by atomic mass is 19.4. The van der Waals surface area contributed by atoms with Gasteiger partial charge >= 0.3 is 6.18 Å². The molecule has 0 aliphatic carbocycles. The first-order chi connectivity index (χ1) is 18.0. The Balaban J connectivity index is 1.61. The number of hydrogen-bond acceptors (Lipinski definition) is 6. The summed E-state index contributed by atoms with van der Waals surface area (Å²) in [4.78, 5) is 25.3. The minimum Gasteiger partial charge on any atom is -0.373 e. The van der Waals surface area contributed by atoms with Crippen LogP contribution in [0.5, 0.6) is 0 Å². The molecule has 0 saturated carbocycles. The van der Waals surface area contributed by atoms with E-state index in [9.17, 15) is 18.0 Å². The lowest BCUT2D eigenvalue weighted by atomic mass is 10.0. The molecule has 0 unspecified atom stereocenters. The maximum absolute atomic E-state index is 13.5. The van der Waals surface area contributed by atoms with Crippen molar-refractivity contribution < 1.29 is 18.0 Å². The van der Waals surface area contributed by atoms with Crippen LogP contribution in [-0.2, 0) is 6.18 Å². The summed E-state index contributed by atoms with van der Waals surface area (Å²) in [5.74, 6) is -0.327. The second kappa shape index (κ2) is 11.1. The molecule has 1 amide bonds. The predicted molar refractivity (Wildman–Crippen MR) is 145 cm³/mol. The molecule has 0 aliphatic heterocycles. The fourth-order valence-electron chi connectivity index (χ4n) is 4.15. The highest BCUT2D eigenvalue weighted by Gasteiger charge is 2.31. The number of fused-ring (bicyclic) bond motifs is 1. The zero-order valence-corrected chi connectivity index (χ0v) is 21.4. The predicted octanol–water partition coefficient (Wildman–Crippen LogP) is 5.54. The molecule has 3 aromatic carbocycles. The molecule has 0 fully saturated rings. The summed E-state index contributed by atoms with van der Waals surface area (Å²) in [7, 11) is 5.71. The van der Waals surface area contributed by atoms with E-state index < -0.39 is 17.6 Å². The largest absolute Gasteiger partial charge is 0.416 e. The zero-order chi connectivity index (χ0) is 27.4. The van der Waals surface area contributed by atoms with Crippen LogP contribution in [0.2, 0.25) is 0 Å². The van der Waals surface area contributed by atoms with Crippen LogP contribution in [0.4, 0.5) is 30.5 Å². The van der Waals surface area contributed by atoms with Crippen LogP contribution in [0, 0.1) is 0 Å². The minimum atomic E-state index is -4.54. The quantitative estimate of drug-likeness (QED) is 0.316. The third kappa shape index (κ3) is 6.38. The fraction of sp³-hybridized carbons (Fsp3) is 0.250. The van der Waals surface area contributed by atoms with Crippen molar-refractivity contribution in [3.63, 3.8) is 0 Å². The molecule has 0 atom stereocenters. The normalized spacial score (nSPS) is 11.7. The van der Waals surface area contributed by atoms with Crippen molar-refractivity contribution >= 4 is 34.1 Å². The highest BCUT2D eigenvalue weighted by molar-refractivity contribution is 6.06. The van der Waals surface area contributed by atoms with E-state index in [1.807, 2.05) is 48.2 Å². The van der Waals surface area contributed by atoms with Crippen molar-refractivity contribution in [2.24, 2.45) is 0 Å². The van der Waals surface area contributed by atoms with E-state index in [4.69, 9.17) is 5.73 Å². The van der Waals surface area contributed by atoms with Crippen molar-refractivity contribution in [2.75, 3.05) is 50.2 Å². The van der Waals surface area contributed by atoms with Gasteiger partial charge in [-0.3, -0.25) is 4.79 Å². The Labute approximate surface area is 219 Å². The molecule has 0 radical (unpaired) electrons. The van der Waals surface area contributed by atoms with Crippen LogP contribution in [-0.4, -0.2) is 55.0 Å². The Bertz CT molecular complexity index is 1450. The molecule has 1 aromatic heterocycles. The molecule has 10 heteroatoms. The maximum atomic E-state index is 13.5. The number of hydrogen-bond donors (Lipinski definition) is 2. The number of carbonyl (C=O) groups is 1. The Hall–Kier alpha value is -4.18. The average molecular weight is 523 g/mol. The van der Waals surface area contributed by atoms with Gasteiger partial charge in [0.1, 0.15) is 0 Å². The van der Waals surface area contributed by atoms with Gasteiger partial charge in [0.15, 0.2) is 0 Å². The second-order valence-corrected chi connectivity index (χ2v) is 9.34. The lowest BCUT2D eigenvalue weighted by molar-refractivity contribution is -0.137. The number of halogens is 3. The molecule has 3 N–H and O–H groups in total. The minimum absolute atomic E-state index is 0.100. The Morgan fingerprint density at radius 2 is 1.74 bits per heavy atom. The summed E-state index contributed by atoms with van der Waals surface area (Å²) < 4.78 is 40.4. The van der Waals surface area contributed by atoms with E-state index >= 15 is 0 Å². The SMILES string of the molecule is CN(C)CCCN(C)c1ccc(C(F)(F)F)cc1NC(=O)c1cccc(-c2ccc3nc(N)ncc3c2)c1. The van der Waals surface area contributed by atoms with Crippen molar-refractivity contribution in [3.05, 3.63) is 78.0 Å². The number of nitrogens with one attached hydrogen (secondary N) is 1. The molecule has 0 aliphatic rings. The van der Waals surface area contributed by atoms with Crippen LogP contribution in [0.25, 0.3) is 22.0 Å². The topological polar surface area (TPSA) is 87.4 Å². The number of rotatable bonds is 8. The standard InChI is InChI=1S/C28H29F3N6O/c1-36(2)12-5-13-37(3)25-11-9-22(28(29,30)31)16-24(25)34-26(38)20-7-4-6-18(14-20)19-8-10-23-21(15-19)17-33-27(32)35-23/h4,6-11,14-17H,5,12-13H2,1-3H3,(H,34,38)(H2,32,33,35). The average Bonchev–Trinajstić information content (AvgIpc) is 2.87. The van der Waals surface area contributed by atoms with Gasteiger partial charge in [0, 0.05) is 30.7 Å². The number of nitrogens with zero attached hydrogens (tertiary/aromatic N) is 4. The molecule has 0 bridgehead atoms. The van der Waals surface area contributed by atoms with Crippen molar-refractivity contribution in [1.29, 1.82) is 0 Å². The number of benzene rings is 3. The summed E-state index contributed by atoms with van der Waals surface area (Å²) in [6.07, 6.45) is -2.10. The zero-order valence-electron chi connectivity index (χ0n) is 21.4. The molecule has 4 rings (SSSR count). The van der Waals surface area contributed by atoms with E-state index in [1.54, 1.807) is 31.4 Å². The lowest BCUT2D eigenvalue weighted by Crippen LogP contribution is -2.25. The molecule has 0 spiro atoms. The smallest absolute Gasteiger partial charge is 0.373 e. The van der Waals surface area contributed by atoms with Crippen LogP contribution >= 0.6 is 0 Å². The Kier molecular flexibility index (Phi) is 7.82. The first kappa shape index (κ1) is 26.9. The molecule has 4 aromatic rings. The summed E-state index contributed by atoms with van der Waals surface area (Å²) in [6.45, 7) is 1.44. The van der Waals surface area contributed by atoms with Crippen LogP contribution in [0.15, 0.2) is 66.9 Å². The summed E-state index contributed by atoms with van der Waals surface area (Å²) in [6, 6.07) is 15.9. The monoisotopic (exact) mass is 522 g/mol. The highest BCUT2D eigenvalue weighted by Crippen LogP contribution is 2.35. The van der Waals surface area contributed by atoms with Gasteiger partial charge in [-0.1, -0.05) is 18.2 Å². The first-order valence-corrected chi connectivity index (χ1v) is 12.0. The molecule has 1 heterocycles. The van der Waals surface area contributed by atoms with Gasteiger partial charge in [0.05, 0.1) is 22.5 Å². The first-order valence-electron chi connectivity index (χ1n) is 12.0. The second-order valence-electron chi connectivity index (χ2n) is 9.34. The maximum Gasteiger partial charge on any atom is 0.416 e. The van der Waals surface area contributed by atoms with Gasteiger partial charge in [-0.05, 0) is 80.7 Å². The number of anilines is 3. The van der Waals surface area contributed by atoms with E-state index in [0.29, 0.717) is 23.3 Å². The van der Waals surface area contributed by atoms with Gasteiger partial charge in [0.2, 0.25) is 5.95 Å². The van der Waals surface area contributed by atoms with E-state index in [1.165, 1.54) is 6.07 Å². The number of carbonyl (C=O) groups excluding carboxylic acids is 1. The molecular weight excluding hydrogens is 493 g/mol. The van der Waals surface area contributed by atoms with Crippen molar-refractivity contribution in [1.82, 2.24) is 14.9 Å². The Morgan fingerprint density at radius 3 is 2.47 bits per heavy atom. The van der Waals surface area contributed by atoms with Gasteiger partial charge in [-0.15, -0.1) is 0 Å².